The summed E-state index contributed by atoms with van der Waals surface area (Å²) in [6, 6.07) is 12.1. The molecule has 1 saturated carbocycles. The van der Waals surface area contributed by atoms with Gasteiger partial charge in [-0.1, -0.05) is 28.1 Å². The van der Waals surface area contributed by atoms with E-state index in [1.807, 2.05) is 39.0 Å². The van der Waals surface area contributed by atoms with E-state index < -0.39 is 17.3 Å². The first-order chi connectivity index (χ1) is 15.5. The summed E-state index contributed by atoms with van der Waals surface area (Å²) in [6.07, 6.45) is 1.89. The van der Waals surface area contributed by atoms with Gasteiger partial charge in [-0.3, -0.25) is 0 Å². The van der Waals surface area contributed by atoms with Gasteiger partial charge in [-0.15, -0.1) is 0 Å². The van der Waals surface area contributed by atoms with Crippen LogP contribution in [0.15, 0.2) is 46.9 Å². The number of benzene rings is 2. The number of fused-ring (bicyclic) bond motifs is 1. The Labute approximate surface area is 201 Å². The lowest BCUT2D eigenvalue weighted by atomic mass is 9.78. The minimum Gasteiger partial charge on any atom is -0.443 e. The van der Waals surface area contributed by atoms with Crippen LogP contribution in [0.4, 0.5) is 14.9 Å². The summed E-state index contributed by atoms with van der Waals surface area (Å²) in [4.78, 5) is 17.9. The monoisotopic (exact) mass is 517 g/mol. The van der Waals surface area contributed by atoms with Crippen molar-refractivity contribution in [1.82, 2.24) is 9.55 Å². The molecule has 0 radical (unpaired) electrons. The van der Waals surface area contributed by atoms with Gasteiger partial charge < -0.3 is 15.2 Å². The molecule has 1 aliphatic rings. The number of imidazole rings is 1. The molecule has 1 heterocycles. The van der Waals surface area contributed by atoms with Crippen LogP contribution in [-0.2, 0) is 4.74 Å². The average Bonchev–Trinajstić information content (AvgIpc) is 3.11. The second-order valence-electron chi connectivity index (χ2n) is 9.75. The van der Waals surface area contributed by atoms with Crippen molar-refractivity contribution < 1.29 is 19.0 Å². The minimum atomic E-state index is -0.954. The Balaban J connectivity index is 1.54. The smallest absolute Gasteiger partial charge is 0.420 e. The number of ether oxygens (including phenoxy) is 1. The van der Waals surface area contributed by atoms with Crippen LogP contribution in [0.3, 0.4) is 0 Å². The highest BCUT2D eigenvalue weighted by Crippen LogP contribution is 2.39. The number of carbonyl (C=O) groups is 1. The minimum absolute atomic E-state index is 0.00238. The summed E-state index contributed by atoms with van der Waals surface area (Å²) in [5.74, 6) is 0.311. The number of aliphatic hydroxyl groups is 1. The van der Waals surface area contributed by atoms with Crippen molar-refractivity contribution in [3.05, 3.63) is 58.6 Å². The Bertz CT molecular complexity index is 1160. The first-order valence-electron chi connectivity index (χ1n) is 11.2. The first kappa shape index (κ1) is 23.7. The summed E-state index contributed by atoms with van der Waals surface area (Å²) in [6.45, 7) is 5.77. The maximum absolute atomic E-state index is 13.9. The van der Waals surface area contributed by atoms with Crippen molar-refractivity contribution in [1.29, 1.82) is 0 Å². The summed E-state index contributed by atoms with van der Waals surface area (Å²) in [5, 5.41) is 14.1. The highest BCUT2D eigenvalue weighted by atomic mass is 79.9. The number of carbonyl (C=O) groups excluding carboxylic acids is 1. The number of aromatic nitrogens is 2. The lowest BCUT2D eigenvalue weighted by molar-refractivity contribution is 0.0103. The molecule has 176 valence electrons. The van der Waals surface area contributed by atoms with Crippen LogP contribution in [-0.4, -0.2) is 38.5 Å². The summed E-state index contributed by atoms with van der Waals surface area (Å²) >= 11 is 3.47. The van der Waals surface area contributed by atoms with E-state index in [4.69, 9.17) is 9.72 Å². The second kappa shape index (κ2) is 9.06. The van der Waals surface area contributed by atoms with Gasteiger partial charge in [-0.05, 0) is 76.8 Å². The number of para-hydroxylation sites is 1. The molecule has 1 aromatic heterocycles. The van der Waals surface area contributed by atoms with Crippen LogP contribution in [0.2, 0.25) is 0 Å². The largest absolute Gasteiger partial charge is 0.443 e. The predicted octanol–water partition coefficient (Wildman–Crippen LogP) is 6.22. The summed E-state index contributed by atoms with van der Waals surface area (Å²) < 4.78 is 22.0. The van der Waals surface area contributed by atoms with Gasteiger partial charge in [0.25, 0.3) is 0 Å². The van der Waals surface area contributed by atoms with Crippen molar-refractivity contribution >= 4 is 38.7 Å². The van der Waals surface area contributed by atoms with E-state index in [0.29, 0.717) is 48.2 Å². The van der Waals surface area contributed by atoms with E-state index in [0.717, 1.165) is 4.47 Å². The van der Waals surface area contributed by atoms with Crippen molar-refractivity contribution in [2.45, 2.75) is 63.6 Å². The number of nitrogens with zero attached hydrogens (tertiary/aromatic N) is 2. The van der Waals surface area contributed by atoms with Crippen LogP contribution < -0.4 is 5.32 Å². The van der Waals surface area contributed by atoms with E-state index in [2.05, 4.69) is 21.2 Å². The zero-order valence-corrected chi connectivity index (χ0v) is 20.7. The Kier molecular flexibility index (Phi) is 6.51. The molecule has 1 fully saturated rings. The fourth-order valence-corrected chi connectivity index (χ4v) is 4.65. The first-order valence-corrected chi connectivity index (χ1v) is 12.0. The molecule has 6 nitrogen and oxygen atoms in total. The van der Waals surface area contributed by atoms with Gasteiger partial charge in [-0.2, -0.15) is 0 Å². The van der Waals surface area contributed by atoms with E-state index in [9.17, 15) is 14.3 Å². The summed E-state index contributed by atoms with van der Waals surface area (Å²) in [7, 11) is 0. The number of nitrogens with one attached hydrogen (secondary N) is 1. The number of halogens is 2. The standard InChI is InChI=1S/C25H29BrFN3O3/c1-24(2,3)33-23(31)30-21-9-8-17(26)14-20(21)29-22(30)16-10-12-25(32,13-11-16)15-28-19-7-5-4-6-18(19)27/h4-9,14,16,28,32H,10-13,15H2,1-3H3/t16-,25-. The van der Waals surface area contributed by atoms with Crippen molar-refractivity contribution in [3.8, 4) is 0 Å². The third-order valence-corrected chi connectivity index (χ3v) is 6.47. The van der Waals surface area contributed by atoms with Crippen molar-refractivity contribution in [2.24, 2.45) is 0 Å². The number of hydrogen-bond acceptors (Lipinski definition) is 5. The van der Waals surface area contributed by atoms with Gasteiger partial charge in [-0.25, -0.2) is 18.7 Å². The van der Waals surface area contributed by atoms with E-state index in [-0.39, 0.29) is 18.3 Å². The molecule has 0 bridgehead atoms. The van der Waals surface area contributed by atoms with Crippen LogP contribution in [0, 0.1) is 5.82 Å². The zero-order valence-electron chi connectivity index (χ0n) is 19.1. The number of rotatable bonds is 4. The lowest BCUT2D eigenvalue weighted by Gasteiger charge is -2.36. The lowest BCUT2D eigenvalue weighted by Crippen LogP contribution is -2.41. The molecular weight excluding hydrogens is 489 g/mol. The molecule has 0 unspecified atom stereocenters. The average molecular weight is 518 g/mol. The van der Waals surface area contributed by atoms with Crippen LogP contribution >= 0.6 is 15.9 Å². The third kappa shape index (κ3) is 5.38. The third-order valence-electron chi connectivity index (χ3n) is 5.98. The number of anilines is 1. The van der Waals surface area contributed by atoms with Gasteiger partial charge in [0.05, 0.1) is 22.3 Å². The molecule has 3 aromatic rings. The van der Waals surface area contributed by atoms with Crippen molar-refractivity contribution in [2.75, 3.05) is 11.9 Å². The molecule has 2 N–H and O–H groups in total. The SMILES string of the molecule is CC(C)(C)OC(=O)n1c2ccc(Br)cc2nc1[C@H]1CC[C@@](O)(CNc2ccccc2F)CC1. The molecule has 0 saturated heterocycles. The molecule has 2 aromatic carbocycles. The van der Waals surface area contributed by atoms with E-state index in [1.54, 1.807) is 22.8 Å². The van der Waals surface area contributed by atoms with Gasteiger partial charge >= 0.3 is 6.09 Å². The Hall–Kier alpha value is -2.45. The van der Waals surface area contributed by atoms with Gasteiger partial charge in [0.1, 0.15) is 17.2 Å². The van der Waals surface area contributed by atoms with Gasteiger partial charge in [0.15, 0.2) is 0 Å². The molecule has 0 spiro atoms. The summed E-state index contributed by atoms with van der Waals surface area (Å²) in [5.41, 5.74) is 0.206. The predicted molar refractivity (Wildman–Crippen MR) is 130 cm³/mol. The maximum atomic E-state index is 13.9. The molecular formula is C25H29BrFN3O3. The normalized spacial score (nSPS) is 21.2. The van der Waals surface area contributed by atoms with Crippen molar-refractivity contribution in [3.63, 3.8) is 0 Å². The topological polar surface area (TPSA) is 76.4 Å². The van der Waals surface area contributed by atoms with Gasteiger partial charge in [0, 0.05) is 16.9 Å². The molecule has 4 rings (SSSR count). The van der Waals surface area contributed by atoms with Crippen LogP contribution in [0.25, 0.3) is 11.0 Å². The highest BCUT2D eigenvalue weighted by Gasteiger charge is 2.37. The molecule has 0 amide bonds. The molecule has 0 atom stereocenters. The Morgan fingerprint density at radius 2 is 1.97 bits per heavy atom. The second-order valence-corrected chi connectivity index (χ2v) is 10.7. The van der Waals surface area contributed by atoms with Gasteiger partial charge in [0.2, 0.25) is 0 Å². The fraction of sp³-hybridized carbons (Fsp3) is 0.440. The van der Waals surface area contributed by atoms with E-state index >= 15 is 0 Å². The maximum Gasteiger partial charge on any atom is 0.420 e. The Morgan fingerprint density at radius 3 is 2.64 bits per heavy atom. The fourth-order valence-electron chi connectivity index (χ4n) is 4.30. The Morgan fingerprint density at radius 1 is 1.27 bits per heavy atom. The number of hydrogen-bond donors (Lipinski definition) is 2. The van der Waals surface area contributed by atoms with E-state index in [1.165, 1.54) is 6.07 Å². The van der Waals surface area contributed by atoms with Crippen LogP contribution in [0.1, 0.15) is 58.2 Å². The quantitative estimate of drug-likeness (QED) is 0.429. The highest BCUT2D eigenvalue weighted by molar-refractivity contribution is 9.10. The molecule has 1 aliphatic carbocycles. The molecule has 0 aliphatic heterocycles. The molecule has 8 heteroatoms. The molecule has 33 heavy (non-hydrogen) atoms. The zero-order chi connectivity index (χ0) is 23.8. The van der Waals surface area contributed by atoms with Crippen LogP contribution in [0.5, 0.6) is 0 Å².